The molecule has 0 radical (unpaired) electrons. The van der Waals surface area contributed by atoms with Gasteiger partial charge in [-0.3, -0.25) is 9.59 Å². The molecule has 1 aliphatic heterocycles. The highest BCUT2D eigenvalue weighted by Gasteiger charge is 2.36. The number of fused-ring (bicyclic) bond motifs is 1. The molecule has 2 N–H and O–H groups in total. The first-order chi connectivity index (χ1) is 17.9. The van der Waals surface area contributed by atoms with Gasteiger partial charge in [-0.2, -0.15) is 4.98 Å². The van der Waals surface area contributed by atoms with Crippen LogP contribution in [0.4, 0.5) is 16.1 Å². The molecule has 2 aliphatic rings. The van der Waals surface area contributed by atoms with Gasteiger partial charge in [-0.25, -0.2) is 4.39 Å². The molecule has 0 bridgehead atoms. The fourth-order valence-electron chi connectivity index (χ4n) is 5.13. The van der Waals surface area contributed by atoms with Gasteiger partial charge in [0.25, 0.3) is 6.01 Å². The minimum atomic E-state index is -1.09. The van der Waals surface area contributed by atoms with Gasteiger partial charge in [0, 0.05) is 6.42 Å². The van der Waals surface area contributed by atoms with Crippen molar-refractivity contribution in [3.63, 3.8) is 0 Å². The van der Waals surface area contributed by atoms with Crippen LogP contribution in [0.25, 0.3) is 11.1 Å². The molecule has 2 atom stereocenters. The lowest BCUT2D eigenvalue weighted by molar-refractivity contribution is -0.144. The van der Waals surface area contributed by atoms with Crippen molar-refractivity contribution in [1.29, 1.82) is 0 Å². The molecule has 1 aliphatic carbocycles. The Morgan fingerprint density at radius 2 is 1.97 bits per heavy atom. The molecule has 196 valence electrons. The molecule has 37 heavy (non-hydrogen) atoms. The van der Waals surface area contributed by atoms with Gasteiger partial charge in [-0.05, 0) is 55.5 Å². The van der Waals surface area contributed by atoms with Gasteiger partial charge in [0.2, 0.25) is 5.91 Å². The SMILES string of the molecule is O=C(O)C1CCC(OC[C@@H]2C[C@H](F)CN2C(=O)Cc2ccc(Nc3nc4ccccc4o3)c(Cl)c2)CC1. The van der Waals surface area contributed by atoms with Crippen molar-refractivity contribution in [2.45, 2.75) is 56.8 Å². The number of para-hydroxylation sites is 2. The van der Waals surface area contributed by atoms with Crippen LogP contribution in [0.3, 0.4) is 0 Å². The molecule has 1 aromatic heterocycles. The van der Waals surface area contributed by atoms with Gasteiger partial charge in [0.15, 0.2) is 5.58 Å². The van der Waals surface area contributed by atoms with Crippen LogP contribution in [-0.4, -0.2) is 58.3 Å². The summed E-state index contributed by atoms with van der Waals surface area (Å²) in [6, 6.07) is 12.7. The molecule has 2 heterocycles. The Morgan fingerprint density at radius 1 is 1.19 bits per heavy atom. The fourth-order valence-corrected chi connectivity index (χ4v) is 5.38. The number of rotatable bonds is 8. The van der Waals surface area contributed by atoms with E-state index in [0.717, 1.165) is 5.52 Å². The fraction of sp³-hybridized carbons (Fsp3) is 0.444. The Morgan fingerprint density at radius 3 is 2.70 bits per heavy atom. The zero-order chi connectivity index (χ0) is 25.9. The third-order valence-electron chi connectivity index (χ3n) is 7.16. The maximum absolute atomic E-state index is 14.3. The zero-order valence-corrected chi connectivity index (χ0v) is 21.0. The number of hydrogen-bond donors (Lipinski definition) is 2. The first kappa shape index (κ1) is 25.5. The Hall–Kier alpha value is -3.17. The number of carbonyl (C=O) groups is 2. The minimum absolute atomic E-state index is 0.0453. The van der Waals surface area contributed by atoms with Crippen LogP contribution in [-0.2, 0) is 20.7 Å². The molecule has 2 aromatic carbocycles. The molecule has 0 spiro atoms. The number of ether oxygens (including phenoxy) is 1. The molecule has 2 fully saturated rings. The number of nitrogens with zero attached hydrogens (tertiary/aromatic N) is 2. The number of aliphatic carboxylic acids is 1. The van der Waals surface area contributed by atoms with E-state index in [0.29, 0.717) is 53.6 Å². The van der Waals surface area contributed by atoms with E-state index in [4.69, 9.17) is 25.9 Å². The Kier molecular flexibility index (Phi) is 7.62. The Labute approximate surface area is 218 Å². The van der Waals surface area contributed by atoms with E-state index in [9.17, 15) is 14.0 Å². The van der Waals surface area contributed by atoms with Crippen LogP contribution in [0.2, 0.25) is 5.02 Å². The Balaban J connectivity index is 1.17. The highest BCUT2D eigenvalue weighted by Crippen LogP contribution is 2.30. The van der Waals surface area contributed by atoms with Crippen molar-refractivity contribution in [1.82, 2.24) is 9.88 Å². The molecule has 10 heteroatoms. The van der Waals surface area contributed by atoms with Crippen LogP contribution in [0.15, 0.2) is 46.9 Å². The van der Waals surface area contributed by atoms with Crippen LogP contribution in [0, 0.1) is 5.92 Å². The predicted molar refractivity (Wildman–Crippen MR) is 137 cm³/mol. The van der Waals surface area contributed by atoms with E-state index in [1.54, 1.807) is 23.1 Å². The van der Waals surface area contributed by atoms with Crippen LogP contribution < -0.4 is 5.32 Å². The summed E-state index contributed by atoms with van der Waals surface area (Å²) in [6.07, 6.45) is 1.69. The maximum Gasteiger partial charge on any atom is 0.306 e. The lowest BCUT2D eigenvalue weighted by Crippen LogP contribution is -2.40. The predicted octanol–water partition coefficient (Wildman–Crippen LogP) is 5.37. The van der Waals surface area contributed by atoms with Crippen molar-refractivity contribution in [3.8, 4) is 0 Å². The van der Waals surface area contributed by atoms with Crippen molar-refractivity contribution < 1.29 is 28.2 Å². The summed E-state index contributed by atoms with van der Waals surface area (Å²) in [5, 5.41) is 12.6. The smallest absolute Gasteiger partial charge is 0.306 e. The van der Waals surface area contributed by atoms with Gasteiger partial charge < -0.3 is 24.5 Å². The van der Waals surface area contributed by atoms with E-state index in [-0.39, 0.29) is 50.0 Å². The first-order valence-electron chi connectivity index (χ1n) is 12.5. The lowest BCUT2D eigenvalue weighted by atomic mass is 9.87. The summed E-state index contributed by atoms with van der Waals surface area (Å²) in [4.78, 5) is 30.2. The number of carboxylic acid groups (broad SMARTS) is 1. The number of likely N-dealkylation sites (tertiary alicyclic amines) is 1. The Bertz CT molecular complexity index is 1240. The van der Waals surface area contributed by atoms with Crippen molar-refractivity contribution in [2.24, 2.45) is 5.92 Å². The third kappa shape index (κ3) is 6.05. The molecule has 3 aromatic rings. The van der Waals surface area contributed by atoms with E-state index in [1.165, 1.54) is 0 Å². The van der Waals surface area contributed by atoms with E-state index in [2.05, 4.69) is 10.3 Å². The van der Waals surface area contributed by atoms with Gasteiger partial charge in [0.05, 0.1) is 48.3 Å². The maximum atomic E-state index is 14.3. The van der Waals surface area contributed by atoms with E-state index in [1.807, 2.05) is 24.3 Å². The lowest BCUT2D eigenvalue weighted by Gasteiger charge is -2.29. The number of amides is 1. The number of alkyl halides is 1. The second-order valence-corrected chi connectivity index (χ2v) is 10.2. The topological polar surface area (TPSA) is 105 Å². The number of hydrogen-bond acceptors (Lipinski definition) is 6. The van der Waals surface area contributed by atoms with Gasteiger partial charge >= 0.3 is 5.97 Å². The van der Waals surface area contributed by atoms with E-state index < -0.39 is 12.1 Å². The quantitative estimate of drug-likeness (QED) is 0.404. The monoisotopic (exact) mass is 529 g/mol. The molecule has 1 saturated carbocycles. The van der Waals surface area contributed by atoms with Crippen LogP contribution in [0.5, 0.6) is 0 Å². The summed E-state index contributed by atoms with van der Waals surface area (Å²) in [5.41, 5.74) is 2.70. The number of aromatic nitrogens is 1. The number of oxazole rings is 1. The van der Waals surface area contributed by atoms with Gasteiger partial charge in [-0.1, -0.05) is 29.8 Å². The number of benzene rings is 2. The van der Waals surface area contributed by atoms with Crippen molar-refractivity contribution in [2.75, 3.05) is 18.5 Å². The summed E-state index contributed by atoms with van der Waals surface area (Å²) in [6.45, 7) is 0.298. The summed E-state index contributed by atoms with van der Waals surface area (Å²) in [7, 11) is 0. The number of carboxylic acids is 1. The van der Waals surface area contributed by atoms with Gasteiger partial charge in [-0.15, -0.1) is 0 Å². The molecule has 1 amide bonds. The molecular weight excluding hydrogens is 501 g/mol. The molecule has 1 saturated heterocycles. The largest absolute Gasteiger partial charge is 0.481 e. The molecule has 8 nitrogen and oxygen atoms in total. The van der Waals surface area contributed by atoms with Crippen molar-refractivity contribution >= 4 is 46.3 Å². The molecule has 5 rings (SSSR count). The summed E-state index contributed by atoms with van der Waals surface area (Å²) in [5.74, 6) is -1.26. The summed E-state index contributed by atoms with van der Waals surface area (Å²) >= 11 is 6.46. The third-order valence-corrected chi connectivity index (χ3v) is 7.47. The zero-order valence-electron chi connectivity index (χ0n) is 20.2. The van der Waals surface area contributed by atoms with Crippen LogP contribution in [0.1, 0.15) is 37.7 Å². The summed E-state index contributed by atoms with van der Waals surface area (Å²) < 4.78 is 25.9. The van der Waals surface area contributed by atoms with Crippen LogP contribution >= 0.6 is 11.6 Å². The minimum Gasteiger partial charge on any atom is -0.481 e. The number of anilines is 2. The van der Waals surface area contributed by atoms with E-state index >= 15 is 0 Å². The second-order valence-electron chi connectivity index (χ2n) is 9.78. The highest BCUT2D eigenvalue weighted by molar-refractivity contribution is 6.33. The average molecular weight is 530 g/mol. The standard InChI is InChI=1S/C27H29ClFN3O5/c28-21-11-16(5-10-22(21)30-27-31-23-3-1-2-4-24(23)37-27)12-25(33)32-14-18(29)13-19(32)15-36-20-8-6-17(7-9-20)26(34)35/h1-5,10-11,17-20H,6-9,12-15H2,(H,30,31)(H,34,35)/t17?,18-,19-,20?/m0/s1. The van der Waals surface area contributed by atoms with Gasteiger partial charge in [0.1, 0.15) is 11.7 Å². The van der Waals surface area contributed by atoms with Crippen molar-refractivity contribution in [3.05, 3.63) is 53.1 Å². The molecule has 0 unspecified atom stereocenters. The normalized spacial score (nSPS) is 23.9. The average Bonchev–Trinajstić information content (AvgIpc) is 3.47. The number of halogens is 2. The molecular formula is C27H29ClFN3O5. The number of nitrogens with one attached hydrogen (secondary N) is 1. The second kappa shape index (κ2) is 11.1. The highest BCUT2D eigenvalue weighted by atomic mass is 35.5. The first-order valence-corrected chi connectivity index (χ1v) is 12.9. The number of carbonyl (C=O) groups excluding carboxylic acids is 1.